The molecule has 7 heteroatoms. The molecule has 0 heterocycles. The molecule has 0 saturated heterocycles. The predicted molar refractivity (Wildman–Crippen MR) is 98.9 cm³/mol. The second-order valence-corrected chi connectivity index (χ2v) is 7.28. The summed E-state index contributed by atoms with van der Waals surface area (Å²) >= 11 is 11.9. The summed E-state index contributed by atoms with van der Waals surface area (Å²) in [6.07, 6.45) is 4.20. The molecule has 1 aromatic carbocycles. The van der Waals surface area contributed by atoms with Crippen molar-refractivity contribution in [3.8, 4) is 5.75 Å². The zero-order valence-electron chi connectivity index (χ0n) is 14.3. The molecule has 0 aromatic heterocycles. The van der Waals surface area contributed by atoms with Gasteiger partial charge in [0.25, 0.3) is 0 Å². The van der Waals surface area contributed by atoms with Crippen molar-refractivity contribution >= 4 is 35.0 Å². The highest BCUT2D eigenvalue weighted by Crippen LogP contribution is 2.28. The summed E-state index contributed by atoms with van der Waals surface area (Å²) in [6.45, 7) is 0.412. The number of carbonyl (C=O) groups is 2. The minimum absolute atomic E-state index is 0.0442. The van der Waals surface area contributed by atoms with E-state index in [9.17, 15) is 9.59 Å². The van der Waals surface area contributed by atoms with Crippen LogP contribution in [-0.2, 0) is 9.59 Å². The molecule has 138 valence electrons. The summed E-state index contributed by atoms with van der Waals surface area (Å²) in [7, 11) is 1.83. The molecule has 2 rings (SSSR count). The first-order chi connectivity index (χ1) is 11.9. The number of amides is 2. The Kier molecular flexibility index (Phi) is 7.38. The number of hydrogen-bond donors (Lipinski definition) is 1. The Morgan fingerprint density at radius 1 is 1.24 bits per heavy atom. The lowest BCUT2D eigenvalue weighted by Gasteiger charge is -2.33. The SMILES string of the molecule is CN(C(=O)CCCOc1ccc(Cl)cc1Cl)C1CCC(C(N)=O)CC1. The first kappa shape index (κ1) is 19.9. The third-order valence-electron chi connectivity index (χ3n) is 4.73. The number of nitrogens with zero attached hydrogens (tertiary/aromatic N) is 1. The smallest absolute Gasteiger partial charge is 0.222 e. The lowest BCUT2D eigenvalue weighted by molar-refractivity contribution is -0.133. The van der Waals surface area contributed by atoms with E-state index in [4.69, 9.17) is 33.7 Å². The van der Waals surface area contributed by atoms with Gasteiger partial charge in [-0.05, 0) is 50.3 Å². The van der Waals surface area contributed by atoms with Gasteiger partial charge in [-0.3, -0.25) is 9.59 Å². The first-order valence-electron chi connectivity index (χ1n) is 8.51. The van der Waals surface area contributed by atoms with Crippen molar-refractivity contribution < 1.29 is 14.3 Å². The molecule has 2 N–H and O–H groups in total. The molecule has 5 nitrogen and oxygen atoms in total. The quantitative estimate of drug-likeness (QED) is 0.726. The molecule has 0 radical (unpaired) electrons. The molecular formula is C18H24Cl2N2O3. The van der Waals surface area contributed by atoms with Crippen molar-refractivity contribution in [2.75, 3.05) is 13.7 Å². The maximum Gasteiger partial charge on any atom is 0.222 e. The summed E-state index contributed by atoms with van der Waals surface area (Å²) in [6, 6.07) is 5.24. The van der Waals surface area contributed by atoms with Crippen LogP contribution in [0, 0.1) is 5.92 Å². The fourth-order valence-electron chi connectivity index (χ4n) is 3.13. The molecule has 2 amide bonds. The van der Waals surface area contributed by atoms with Gasteiger partial charge in [-0.15, -0.1) is 0 Å². The second kappa shape index (κ2) is 9.30. The van der Waals surface area contributed by atoms with E-state index in [1.165, 1.54) is 0 Å². The van der Waals surface area contributed by atoms with Crippen LogP contribution in [0.4, 0.5) is 0 Å². The Morgan fingerprint density at radius 2 is 1.92 bits per heavy atom. The van der Waals surface area contributed by atoms with Gasteiger partial charge >= 0.3 is 0 Å². The van der Waals surface area contributed by atoms with Gasteiger partial charge in [0.2, 0.25) is 11.8 Å². The van der Waals surface area contributed by atoms with E-state index in [1.807, 2.05) is 7.05 Å². The molecule has 0 atom stereocenters. The standard InChI is InChI=1S/C18H24Cl2N2O3/c1-22(14-7-4-12(5-8-14)18(21)24)17(23)3-2-10-25-16-9-6-13(19)11-15(16)20/h6,9,11-12,14H,2-5,7-8,10H2,1H3,(H2,21,24). The molecule has 1 fully saturated rings. The molecule has 1 aliphatic rings. The van der Waals surface area contributed by atoms with Crippen LogP contribution in [0.5, 0.6) is 5.75 Å². The van der Waals surface area contributed by atoms with Gasteiger partial charge in [-0.25, -0.2) is 0 Å². The Bertz CT molecular complexity index is 616. The minimum atomic E-state index is -0.231. The predicted octanol–water partition coefficient (Wildman–Crippen LogP) is 3.65. The third-order valence-corrected chi connectivity index (χ3v) is 5.26. The fraction of sp³-hybridized carbons (Fsp3) is 0.556. The number of benzene rings is 1. The summed E-state index contributed by atoms with van der Waals surface area (Å²) in [5.74, 6) is 0.382. The van der Waals surface area contributed by atoms with Gasteiger partial charge in [0, 0.05) is 30.5 Å². The van der Waals surface area contributed by atoms with Crippen molar-refractivity contribution in [3.05, 3.63) is 28.2 Å². The highest BCUT2D eigenvalue weighted by Gasteiger charge is 2.28. The van der Waals surface area contributed by atoms with Crippen molar-refractivity contribution in [1.29, 1.82) is 0 Å². The maximum absolute atomic E-state index is 12.3. The average molecular weight is 387 g/mol. The zero-order valence-corrected chi connectivity index (χ0v) is 15.9. The molecule has 0 unspecified atom stereocenters. The Morgan fingerprint density at radius 3 is 2.52 bits per heavy atom. The Labute approximate surface area is 158 Å². The first-order valence-corrected chi connectivity index (χ1v) is 9.27. The normalized spacial score (nSPS) is 20.1. The Balaban J connectivity index is 1.70. The molecule has 0 aliphatic heterocycles. The van der Waals surface area contributed by atoms with Crippen molar-refractivity contribution in [2.24, 2.45) is 11.7 Å². The lowest BCUT2D eigenvalue weighted by Crippen LogP contribution is -2.41. The van der Waals surface area contributed by atoms with E-state index in [-0.39, 0.29) is 23.8 Å². The number of primary amides is 1. The highest BCUT2D eigenvalue weighted by atomic mass is 35.5. The molecule has 25 heavy (non-hydrogen) atoms. The number of hydrogen-bond acceptors (Lipinski definition) is 3. The summed E-state index contributed by atoms with van der Waals surface area (Å²) < 4.78 is 5.60. The van der Waals surface area contributed by atoms with Crippen LogP contribution in [0.2, 0.25) is 10.0 Å². The molecule has 1 saturated carbocycles. The second-order valence-electron chi connectivity index (χ2n) is 6.44. The number of carbonyl (C=O) groups excluding carboxylic acids is 2. The van der Waals surface area contributed by atoms with Gasteiger partial charge in [0.05, 0.1) is 11.6 Å². The van der Waals surface area contributed by atoms with E-state index in [0.717, 1.165) is 25.7 Å². The molecular weight excluding hydrogens is 363 g/mol. The summed E-state index contributed by atoms with van der Waals surface area (Å²) in [5, 5.41) is 1.02. The Hall–Kier alpha value is -1.46. The number of rotatable bonds is 7. The van der Waals surface area contributed by atoms with Gasteiger partial charge < -0.3 is 15.4 Å². The van der Waals surface area contributed by atoms with E-state index in [1.54, 1.807) is 23.1 Å². The van der Waals surface area contributed by atoms with Crippen LogP contribution < -0.4 is 10.5 Å². The van der Waals surface area contributed by atoms with Crippen LogP contribution in [0.15, 0.2) is 18.2 Å². The number of ether oxygens (including phenoxy) is 1. The maximum atomic E-state index is 12.3. The van der Waals surface area contributed by atoms with Crippen LogP contribution in [-0.4, -0.2) is 36.4 Å². The van der Waals surface area contributed by atoms with Crippen molar-refractivity contribution in [2.45, 2.75) is 44.6 Å². The largest absolute Gasteiger partial charge is 0.492 e. The van der Waals surface area contributed by atoms with Crippen LogP contribution in [0.3, 0.4) is 0 Å². The highest BCUT2D eigenvalue weighted by molar-refractivity contribution is 6.35. The van der Waals surface area contributed by atoms with E-state index >= 15 is 0 Å². The molecule has 1 aromatic rings. The van der Waals surface area contributed by atoms with Crippen LogP contribution in [0.25, 0.3) is 0 Å². The lowest BCUT2D eigenvalue weighted by atomic mass is 9.85. The fourth-order valence-corrected chi connectivity index (χ4v) is 3.59. The van der Waals surface area contributed by atoms with Crippen LogP contribution >= 0.6 is 23.2 Å². The van der Waals surface area contributed by atoms with E-state index in [2.05, 4.69) is 0 Å². The van der Waals surface area contributed by atoms with Gasteiger partial charge in [-0.1, -0.05) is 23.2 Å². The average Bonchev–Trinajstić information content (AvgIpc) is 2.59. The monoisotopic (exact) mass is 386 g/mol. The summed E-state index contributed by atoms with van der Waals surface area (Å²) in [5.41, 5.74) is 5.35. The van der Waals surface area contributed by atoms with Crippen molar-refractivity contribution in [3.63, 3.8) is 0 Å². The number of halogens is 2. The molecule has 1 aliphatic carbocycles. The minimum Gasteiger partial charge on any atom is -0.492 e. The summed E-state index contributed by atoms with van der Waals surface area (Å²) in [4.78, 5) is 25.3. The van der Waals surface area contributed by atoms with Crippen LogP contribution in [0.1, 0.15) is 38.5 Å². The molecule has 0 bridgehead atoms. The van der Waals surface area contributed by atoms with E-state index < -0.39 is 0 Å². The van der Waals surface area contributed by atoms with Gasteiger partial charge in [-0.2, -0.15) is 0 Å². The zero-order chi connectivity index (χ0) is 18.4. The number of nitrogens with two attached hydrogens (primary N) is 1. The third kappa shape index (κ3) is 5.79. The van der Waals surface area contributed by atoms with E-state index in [0.29, 0.717) is 35.2 Å². The topological polar surface area (TPSA) is 72.6 Å². The van der Waals surface area contributed by atoms with Gasteiger partial charge in [0.15, 0.2) is 0 Å². The van der Waals surface area contributed by atoms with Crippen molar-refractivity contribution in [1.82, 2.24) is 4.90 Å². The molecule has 0 spiro atoms. The van der Waals surface area contributed by atoms with Gasteiger partial charge in [0.1, 0.15) is 5.75 Å².